The van der Waals surface area contributed by atoms with Crippen molar-refractivity contribution >= 4 is 17.9 Å². The largest absolute Gasteiger partial charge is 0.481 e. The molecule has 1 atom stereocenters. The van der Waals surface area contributed by atoms with E-state index in [1.54, 1.807) is 0 Å². The molecule has 4 nitrogen and oxygen atoms in total. The number of carbonyl (C=O) groups is 1. The summed E-state index contributed by atoms with van der Waals surface area (Å²) in [7, 11) is 0. The molecule has 0 saturated carbocycles. The van der Waals surface area contributed by atoms with Gasteiger partial charge in [0.15, 0.2) is 0 Å². The molecule has 0 unspecified atom stereocenters. The summed E-state index contributed by atoms with van der Waals surface area (Å²) in [6.07, 6.45) is 0. The molecule has 5 heteroatoms. The quantitative estimate of drug-likeness (QED) is 0.388. The summed E-state index contributed by atoms with van der Waals surface area (Å²) in [6.45, 7) is 0.458. The van der Waals surface area contributed by atoms with Gasteiger partial charge in [-0.2, -0.15) is 4.41 Å². The number of nitrogens with zero attached hydrogens (tertiary/aromatic N) is 1. The van der Waals surface area contributed by atoms with Crippen molar-refractivity contribution in [3.63, 3.8) is 0 Å². The average molecular weight is 148 g/mol. The third-order valence-corrected chi connectivity index (χ3v) is 2.22. The number of hydrogen-bond donors (Lipinski definition) is 2. The third-order valence-electron chi connectivity index (χ3n) is 1.19. The van der Waals surface area contributed by atoms with E-state index >= 15 is 0 Å². The predicted octanol–water partition coefficient (Wildman–Crippen LogP) is -0.475. The van der Waals surface area contributed by atoms with Gasteiger partial charge in [-0.05, 0) is 0 Å². The highest BCUT2D eigenvalue weighted by Gasteiger charge is 2.26. The molecule has 0 spiro atoms. The highest BCUT2D eigenvalue weighted by Crippen LogP contribution is 2.20. The maximum Gasteiger partial charge on any atom is 0.308 e. The van der Waals surface area contributed by atoms with Crippen LogP contribution in [0, 0.1) is 5.92 Å². The van der Waals surface area contributed by atoms with Gasteiger partial charge in [-0.1, -0.05) is 11.9 Å². The lowest BCUT2D eigenvalue weighted by atomic mass is 10.2. The first-order chi connectivity index (χ1) is 4.20. The van der Waals surface area contributed by atoms with Crippen LogP contribution in [-0.4, -0.2) is 27.8 Å². The maximum atomic E-state index is 10.3. The van der Waals surface area contributed by atoms with Gasteiger partial charge in [0.05, 0.1) is 5.92 Å². The normalized spacial score (nSPS) is 28.8. The summed E-state index contributed by atoms with van der Waals surface area (Å²) in [4.78, 5) is 10.3. The number of aliphatic carboxylic acids is 1. The van der Waals surface area contributed by atoms with Crippen molar-refractivity contribution in [1.82, 2.24) is 4.41 Å². The van der Waals surface area contributed by atoms with Crippen molar-refractivity contribution in [2.75, 3.05) is 12.3 Å². The Labute approximate surface area is 57.1 Å². The Hall–Kier alpha value is -0.260. The number of carboxylic acids is 1. The van der Waals surface area contributed by atoms with Gasteiger partial charge in [0.25, 0.3) is 0 Å². The molecular weight excluding hydrogens is 140 g/mol. The van der Waals surface area contributed by atoms with Crippen LogP contribution in [0.15, 0.2) is 0 Å². The standard InChI is InChI=1S/C4H8N2O2S/c5-6-1-3(2-9-6)4(7)8/h3H,1-2,5H2,(H,7,8)/t3-/m0/s1. The van der Waals surface area contributed by atoms with Crippen LogP contribution in [0.1, 0.15) is 0 Å². The van der Waals surface area contributed by atoms with Crippen LogP contribution in [0.2, 0.25) is 0 Å². The van der Waals surface area contributed by atoms with Crippen LogP contribution in [0.5, 0.6) is 0 Å². The highest BCUT2D eigenvalue weighted by atomic mass is 32.2. The fourth-order valence-corrected chi connectivity index (χ4v) is 1.56. The van der Waals surface area contributed by atoms with Crippen LogP contribution in [-0.2, 0) is 4.79 Å². The molecule has 9 heavy (non-hydrogen) atoms. The zero-order valence-electron chi connectivity index (χ0n) is 4.78. The zero-order chi connectivity index (χ0) is 6.85. The van der Waals surface area contributed by atoms with E-state index in [-0.39, 0.29) is 5.92 Å². The maximum absolute atomic E-state index is 10.3. The molecule has 52 valence electrons. The van der Waals surface area contributed by atoms with Crippen molar-refractivity contribution in [2.45, 2.75) is 0 Å². The number of carboxylic acid groups (broad SMARTS) is 1. The number of hydrazine groups is 1. The summed E-state index contributed by atoms with van der Waals surface area (Å²) in [6, 6.07) is 0. The van der Waals surface area contributed by atoms with Crippen LogP contribution in [0.4, 0.5) is 0 Å². The lowest BCUT2D eigenvalue weighted by Gasteiger charge is -2.02. The highest BCUT2D eigenvalue weighted by molar-refractivity contribution is 7.97. The van der Waals surface area contributed by atoms with Gasteiger partial charge in [0.2, 0.25) is 0 Å². The molecule has 1 rings (SSSR count). The van der Waals surface area contributed by atoms with Crippen LogP contribution < -0.4 is 5.84 Å². The molecule has 0 aliphatic carbocycles. The average Bonchev–Trinajstić information content (AvgIpc) is 2.14. The topological polar surface area (TPSA) is 66.6 Å². The number of rotatable bonds is 1. The smallest absolute Gasteiger partial charge is 0.308 e. The van der Waals surface area contributed by atoms with Crippen LogP contribution in [0.25, 0.3) is 0 Å². The Morgan fingerprint density at radius 1 is 1.89 bits per heavy atom. The van der Waals surface area contributed by atoms with E-state index in [2.05, 4.69) is 0 Å². The first-order valence-electron chi connectivity index (χ1n) is 2.58. The van der Waals surface area contributed by atoms with Crippen LogP contribution >= 0.6 is 11.9 Å². The Bertz CT molecular complexity index is 130. The van der Waals surface area contributed by atoms with Gasteiger partial charge >= 0.3 is 5.97 Å². The third kappa shape index (κ3) is 1.57. The molecule has 0 aromatic rings. The minimum Gasteiger partial charge on any atom is -0.481 e. The van der Waals surface area contributed by atoms with Crippen molar-refractivity contribution < 1.29 is 9.90 Å². The van der Waals surface area contributed by atoms with Gasteiger partial charge in [-0.25, -0.2) is 0 Å². The predicted molar refractivity (Wildman–Crippen MR) is 34.5 cm³/mol. The molecule has 0 radical (unpaired) electrons. The Balaban J connectivity index is 2.39. The summed E-state index contributed by atoms with van der Waals surface area (Å²) >= 11 is 1.36. The summed E-state index contributed by atoms with van der Waals surface area (Å²) < 4.78 is 1.46. The van der Waals surface area contributed by atoms with E-state index in [0.717, 1.165) is 0 Å². The van der Waals surface area contributed by atoms with Crippen molar-refractivity contribution in [3.05, 3.63) is 0 Å². The van der Waals surface area contributed by atoms with Gasteiger partial charge in [-0.3, -0.25) is 10.6 Å². The number of hydrogen-bond acceptors (Lipinski definition) is 4. The molecule has 0 aromatic carbocycles. The second kappa shape index (κ2) is 2.55. The fourth-order valence-electron chi connectivity index (χ4n) is 0.658. The lowest BCUT2D eigenvalue weighted by Crippen LogP contribution is -2.25. The molecular formula is C4H8N2O2S. The second-order valence-corrected chi connectivity index (χ2v) is 2.99. The van der Waals surface area contributed by atoms with E-state index in [9.17, 15) is 4.79 Å². The Morgan fingerprint density at radius 3 is 2.78 bits per heavy atom. The molecule has 1 aliphatic rings. The second-order valence-electron chi connectivity index (χ2n) is 1.93. The van der Waals surface area contributed by atoms with Gasteiger partial charge in [0, 0.05) is 12.3 Å². The summed E-state index contributed by atoms with van der Waals surface area (Å²) in [5, 5.41) is 8.44. The molecule has 0 aromatic heterocycles. The molecule has 1 heterocycles. The molecule has 3 N–H and O–H groups in total. The van der Waals surface area contributed by atoms with Gasteiger partial charge < -0.3 is 5.11 Å². The first kappa shape index (κ1) is 6.85. The summed E-state index contributed by atoms with van der Waals surface area (Å²) in [5.74, 6) is 4.87. The van der Waals surface area contributed by atoms with E-state index < -0.39 is 5.97 Å². The lowest BCUT2D eigenvalue weighted by molar-refractivity contribution is -0.140. The van der Waals surface area contributed by atoms with Gasteiger partial charge in [-0.15, -0.1) is 0 Å². The fraction of sp³-hybridized carbons (Fsp3) is 0.750. The Morgan fingerprint density at radius 2 is 2.56 bits per heavy atom. The van der Waals surface area contributed by atoms with Crippen molar-refractivity contribution in [2.24, 2.45) is 11.8 Å². The Kier molecular flexibility index (Phi) is 1.94. The van der Waals surface area contributed by atoms with E-state index in [4.69, 9.17) is 10.9 Å². The summed E-state index contributed by atoms with van der Waals surface area (Å²) in [5.41, 5.74) is 0. The van der Waals surface area contributed by atoms with Crippen LogP contribution in [0.3, 0.4) is 0 Å². The molecule has 0 bridgehead atoms. The zero-order valence-corrected chi connectivity index (χ0v) is 5.60. The molecule has 0 amide bonds. The monoisotopic (exact) mass is 148 g/mol. The molecule has 1 fully saturated rings. The first-order valence-corrected chi connectivity index (χ1v) is 3.52. The minimum absolute atomic E-state index is 0.278. The molecule has 1 saturated heterocycles. The van der Waals surface area contributed by atoms with E-state index in [1.165, 1.54) is 16.4 Å². The number of nitrogens with two attached hydrogens (primary N) is 1. The molecule has 1 aliphatic heterocycles. The van der Waals surface area contributed by atoms with Crippen molar-refractivity contribution in [3.8, 4) is 0 Å². The van der Waals surface area contributed by atoms with Gasteiger partial charge in [0.1, 0.15) is 0 Å². The van der Waals surface area contributed by atoms with E-state index in [1.807, 2.05) is 0 Å². The van der Waals surface area contributed by atoms with E-state index in [0.29, 0.717) is 12.3 Å². The van der Waals surface area contributed by atoms with Crippen molar-refractivity contribution in [1.29, 1.82) is 0 Å². The SMILES string of the molecule is NN1C[C@H](C(=O)O)CS1. The minimum atomic E-state index is -0.754.